The van der Waals surface area contributed by atoms with Crippen molar-refractivity contribution in [2.75, 3.05) is 16.8 Å². The molecule has 146 valence electrons. The molecular formula is C19H19N9S. The number of rotatable bonds is 3. The van der Waals surface area contributed by atoms with Gasteiger partial charge in [0.05, 0.1) is 18.1 Å². The molecule has 0 aliphatic carbocycles. The van der Waals surface area contributed by atoms with E-state index in [-0.39, 0.29) is 0 Å². The molecule has 0 atom stereocenters. The average molecular weight is 405 g/mol. The van der Waals surface area contributed by atoms with Crippen LogP contribution in [0.3, 0.4) is 0 Å². The van der Waals surface area contributed by atoms with Gasteiger partial charge < -0.3 is 5.32 Å². The first kappa shape index (κ1) is 16.8. The van der Waals surface area contributed by atoms with Crippen molar-refractivity contribution in [1.82, 2.24) is 38.5 Å². The monoisotopic (exact) mass is 405 g/mol. The van der Waals surface area contributed by atoms with E-state index in [0.717, 1.165) is 46.7 Å². The Kier molecular flexibility index (Phi) is 3.73. The van der Waals surface area contributed by atoms with Crippen molar-refractivity contribution in [1.29, 1.82) is 0 Å². The highest BCUT2D eigenvalue weighted by Gasteiger charge is 2.23. The van der Waals surface area contributed by atoms with Gasteiger partial charge in [0.25, 0.3) is 0 Å². The number of nitrogens with zero attached hydrogens (tertiary/aromatic N) is 8. The van der Waals surface area contributed by atoms with Crippen molar-refractivity contribution < 1.29 is 0 Å². The minimum absolute atomic E-state index is 0.412. The molecular weight excluding hydrogens is 386 g/mol. The molecule has 0 bridgehead atoms. The summed E-state index contributed by atoms with van der Waals surface area (Å²) in [7, 11) is 0. The first-order chi connectivity index (χ1) is 14.3. The van der Waals surface area contributed by atoms with Gasteiger partial charge in [-0.1, -0.05) is 0 Å². The second-order valence-electron chi connectivity index (χ2n) is 7.27. The molecule has 6 heterocycles. The molecule has 0 aromatic carbocycles. The molecule has 5 aromatic rings. The predicted molar refractivity (Wildman–Crippen MR) is 113 cm³/mol. The predicted octanol–water partition coefficient (Wildman–Crippen LogP) is 3.24. The lowest BCUT2D eigenvalue weighted by Gasteiger charge is -2.23. The fraction of sp³-hybridized carbons (Fsp3) is 0.316. The van der Waals surface area contributed by atoms with Gasteiger partial charge in [0.2, 0.25) is 11.7 Å². The van der Waals surface area contributed by atoms with E-state index >= 15 is 0 Å². The maximum Gasteiger partial charge on any atom is 0.229 e. The van der Waals surface area contributed by atoms with Crippen LogP contribution in [0.25, 0.3) is 22.6 Å². The first-order valence-corrected chi connectivity index (χ1v) is 10.8. The lowest BCUT2D eigenvalue weighted by molar-refractivity contribution is 0.488. The summed E-state index contributed by atoms with van der Waals surface area (Å²) < 4.78 is 6.10. The van der Waals surface area contributed by atoms with Gasteiger partial charge in [-0.3, -0.25) is 8.97 Å². The zero-order valence-corrected chi connectivity index (χ0v) is 16.7. The van der Waals surface area contributed by atoms with Crippen LogP contribution in [0.15, 0.2) is 37.2 Å². The van der Waals surface area contributed by atoms with Gasteiger partial charge >= 0.3 is 0 Å². The summed E-state index contributed by atoms with van der Waals surface area (Å²) in [6.45, 7) is 2.03. The molecule has 1 N–H and O–H groups in total. The number of fused-ring (bicyclic) bond motifs is 4. The molecule has 1 saturated heterocycles. The molecule has 6 rings (SSSR count). The maximum atomic E-state index is 4.89. The highest BCUT2D eigenvalue weighted by molar-refractivity contribution is 7.99. The third kappa shape index (κ3) is 2.66. The number of pyridine rings is 1. The van der Waals surface area contributed by atoms with E-state index in [4.69, 9.17) is 4.98 Å². The van der Waals surface area contributed by atoms with E-state index in [0.29, 0.717) is 12.0 Å². The number of anilines is 2. The molecule has 9 nitrogen and oxygen atoms in total. The van der Waals surface area contributed by atoms with Crippen LogP contribution < -0.4 is 5.32 Å². The average Bonchev–Trinajstić information content (AvgIpc) is 3.44. The number of nitrogens with one attached hydrogen (secondary N) is 1. The maximum absolute atomic E-state index is 4.89. The Balaban J connectivity index is 1.47. The van der Waals surface area contributed by atoms with Crippen LogP contribution in [0.5, 0.6) is 0 Å². The van der Waals surface area contributed by atoms with Crippen molar-refractivity contribution in [2.24, 2.45) is 0 Å². The summed E-state index contributed by atoms with van der Waals surface area (Å²) >= 11 is 2.02. The number of aromatic nitrogens is 8. The van der Waals surface area contributed by atoms with Gasteiger partial charge in [0, 0.05) is 18.4 Å². The normalized spacial score (nSPS) is 15.6. The van der Waals surface area contributed by atoms with Gasteiger partial charge in [-0.15, -0.1) is 0 Å². The molecule has 29 heavy (non-hydrogen) atoms. The van der Waals surface area contributed by atoms with E-state index in [1.54, 1.807) is 10.8 Å². The molecule has 1 fully saturated rings. The molecule has 0 amide bonds. The van der Waals surface area contributed by atoms with Gasteiger partial charge in [-0.05, 0) is 42.9 Å². The largest absolute Gasteiger partial charge is 0.323 e. The summed E-state index contributed by atoms with van der Waals surface area (Å²) in [5.74, 6) is 3.84. The van der Waals surface area contributed by atoms with Crippen LogP contribution >= 0.6 is 11.8 Å². The van der Waals surface area contributed by atoms with Gasteiger partial charge in [-0.2, -0.15) is 21.8 Å². The topological polar surface area (TPSA) is 90.2 Å². The van der Waals surface area contributed by atoms with Crippen molar-refractivity contribution in [3.63, 3.8) is 0 Å². The fourth-order valence-electron chi connectivity index (χ4n) is 4.02. The van der Waals surface area contributed by atoms with Crippen molar-refractivity contribution in [2.45, 2.75) is 25.8 Å². The molecule has 0 unspecified atom stereocenters. The third-order valence-corrected chi connectivity index (χ3v) is 6.55. The molecule has 1 aliphatic rings. The number of imidazole rings is 2. The zero-order valence-electron chi connectivity index (χ0n) is 15.9. The third-order valence-electron chi connectivity index (χ3n) is 5.50. The first-order valence-electron chi connectivity index (χ1n) is 9.63. The van der Waals surface area contributed by atoms with Crippen LogP contribution in [-0.2, 0) is 0 Å². The molecule has 1 aliphatic heterocycles. The Morgan fingerprint density at radius 3 is 2.97 bits per heavy atom. The highest BCUT2D eigenvalue weighted by Crippen LogP contribution is 2.32. The van der Waals surface area contributed by atoms with Crippen LogP contribution in [-0.4, -0.2) is 50.0 Å². The van der Waals surface area contributed by atoms with Crippen LogP contribution in [0.1, 0.15) is 24.4 Å². The van der Waals surface area contributed by atoms with Gasteiger partial charge in [-0.25, -0.2) is 19.5 Å². The SMILES string of the molecule is Cc1cc2ncnn2cc1Nc1ncc2c(n1)n(C1CCSCC1)c1nccn21. The van der Waals surface area contributed by atoms with Crippen LogP contribution in [0.4, 0.5) is 11.6 Å². The van der Waals surface area contributed by atoms with Crippen molar-refractivity contribution in [3.8, 4) is 0 Å². The van der Waals surface area contributed by atoms with Crippen molar-refractivity contribution >= 4 is 46.0 Å². The number of hydrogen-bond donors (Lipinski definition) is 1. The van der Waals surface area contributed by atoms with E-state index in [1.807, 2.05) is 49.5 Å². The summed E-state index contributed by atoms with van der Waals surface area (Å²) in [5, 5.41) is 7.57. The summed E-state index contributed by atoms with van der Waals surface area (Å²) in [5.41, 5.74) is 4.67. The Bertz CT molecular complexity index is 1340. The minimum atomic E-state index is 0.412. The number of thioether (sulfide) groups is 1. The van der Waals surface area contributed by atoms with Gasteiger partial charge in [0.1, 0.15) is 11.8 Å². The minimum Gasteiger partial charge on any atom is -0.323 e. The van der Waals surface area contributed by atoms with E-state index < -0.39 is 0 Å². The summed E-state index contributed by atoms with van der Waals surface area (Å²) in [6, 6.07) is 2.40. The Morgan fingerprint density at radius 1 is 1.17 bits per heavy atom. The lowest BCUT2D eigenvalue weighted by Crippen LogP contribution is -2.16. The van der Waals surface area contributed by atoms with Crippen molar-refractivity contribution in [3.05, 3.63) is 42.7 Å². The summed E-state index contributed by atoms with van der Waals surface area (Å²) in [6.07, 6.45) is 11.4. The Hall–Kier alpha value is -3.14. The second kappa shape index (κ2) is 6.45. The Labute approximate surface area is 170 Å². The van der Waals surface area contributed by atoms with Crippen LogP contribution in [0, 0.1) is 6.92 Å². The number of hydrogen-bond acceptors (Lipinski definition) is 7. The molecule has 0 spiro atoms. The molecule has 0 saturated carbocycles. The molecule has 0 radical (unpaired) electrons. The Morgan fingerprint density at radius 2 is 2.07 bits per heavy atom. The van der Waals surface area contributed by atoms with Crippen LogP contribution in [0.2, 0.25) is 0 Å². The lowest BCUT2D eigenvalue weighted by atomic mass is 10.1. The van der Waals surface area contributed by atoms with E-state index in [2.05, 4.69) is 34.3 Å². The highest BCUT2D eigenvalue weighted by atomic mass is 32.2. The zero-order chi connectivity index (χ0) is 19.4. The summed E-state index contributed by atoms with van der Waals surface area (Å²) in [4.78, 5) is 18.3. The van der Waals surface area contributed by atoms with Gasteiger partial charge in [0.15, 0.2) is 11.3 Å². The van der Waals surface area contributed by atoms with E-state index in [9.17, 15) is 0 Å². The van der Waals surface area contributed by atoms with E-state index in [1.165, 1.54) is 11.5 Å². The second-order valence-corrected chi connectivity index (χ2v) is 8.50. The standard InChI is InChI=1S/C19H19N9S/c1-12-8-16-22-11-23-27(16)10-14(12)24-18-21-9-15-17(25-18)28(13-2-6-29-7-3-13)19-20-4-5-26(15)19/h4-5,8-11,13H,2-3,6-7H2,1H3,(H,21,24,25). The molecule has 10 heteroatoms. The molecule has 5 aromatic heterocycles. The smallest absolute Gasteiger partial charge is 0.229 e. The quantitative estimate of drug-likeness (QED) is 0.493. The fourth-order valence-corrected chi connectivity index (χ4v) is 5.10. The number of aryl methyl sites for hydroxylation is 1.